The first-order chi connectivity index (χ1) is 13.2. The highest BCUT2D eigenvalue weighted by Gasteiger charge is 2.21. The quantitative estimate of drug-likeness (QED) is 0.607. The molecule has 0 bridgehead atoms. The lowest BCUT2D eigenvalue weighted by Crippen LogP contribution is -2.11. The third-order valence-corrected chi connectivity index (χ3v) is 5.73. The molecule has 0 spiro atoms. The average molecular weight is 378 g/mol. The molecule has 3 aromatic rings. The third-order valence-electron chi connectivity index (χ3n) is 4.53. The lowest BCUT2D eigenvalue weighted by molar-refractivity contribution is 0.102. The van der Waals surface area contributed by atoms with Crippen molar-refractivity contribution in [3.8, 4) is 10.6 Å². The van der Waals surface area contributed by atoms with Crippen LogP contribution >= 0.6 is 11.3 Å². The van der Waals surface area contributed by atoms with Gasteiger partial charge >= 0.3 is 0 Å². The molecule has 0 unspecified atom stereocenters. The predicted molar refractivity (Wildman–Crippen MR) is 109 cm³/mol. The zero-order chi connectivity index (χ0) is 18.6. The van der Waals surface area contributed by atoms with Crippen molar-refractivity contribution >= 4 is 22.9 Å². The van der Waals surface area contributed by atoms with E-state index in [1.807, 2.05) is 61.5 Å². The summed E-state index contributed by atoms with van der Waals surface area (Å²) in [6, 6.07) is 17.8. The van der Waals surface area contributed by atoms with Crippen molar-refractivity contribution in [1.29, 1.82) is 0 Å². The fourth-order valence-corrected chi connectivity index (χ4v) is 3.83. The maximum atomic E-state index is 12.7. The number of carbonyl (C=O) groups is 1. The Labute approximate surface area is 163 Å². The van der Waals surface area contributed by atoms with Crippen LogP contribution in [-0.4, -0.2) is 17.5 Å². The van der Waals surface area contributed by atoms with Crippen LogP contribution in [0.3, 0.4) is 0 Å². The molecule has 27 heavy (non-hydrogen) atoms. The summed E-state index contributed by atoms with van der Waals surface area (Å²) in [5.74, 6) is 0.629. The number of hydrogen-bond acceptors (Lipinski definition) is 4. The molecule has 1 saturated carbocycles. The number of nitrogens with one attached hydrogen (secondary N) is 1. The lowest BCUT2D eigenvalue weighted by Gasteiger charge is -2.07. The Morgan fingerprint density at radius 3 is 2.78 bits per heavy atom. The Kier molecular flexibility index (Phi) is 5.32. The molecule has 4 nitrogen and oxygen atoms in total. The molecule has 1 aromatic heterocycles. The van der Waals surface area contributed by atoms with Gasteiger partial charge in [-0.1, -0.05) is 42.5 Å². The van der Waals surface area contributed by atoms with Crippen LogP contribution in [0.2, 0.25) is 0 Å². The summed E-state index contributed by atoms with van der Waals surface area (Å²) in [6.45, 7) is 3.29. The normalized spacial score (nSPS) is 13.5. The molecular formula is C22H22N2O2S. The van der Waals surface area contributed by atoms with Crippen LogP contribution in [0.1, 0.15) is 33.8 Å². The van der Waals surface area contributed by atoms with Gasteiger partial charge in [-0.05, 0) is 43.4 Å². The number of anilines is 1. The van der Waals surface area contributed by atoms with Gasteiger partial charge in [0.05, 0.1) is 12.3 Å². The second-order valence-electron chi connectivity index (χ2n) is 6.91. The number of nitrogens with zero attached hydrogens (tertiary/aromatic N) is 1. The van der Waals surface area contributed by atoms with Crippen LogP contribution in [-0.2, 0) is 11.3 Å². The first-order valence-electron chi connectivity index (χ1n) is 9.20. The standard InChI is InChI=1S/C22H22N2O2S/c1-15-20(27-22(23-15)18-7-3-2-4-8-18)21(25)24-19-9-5-6-17(12-19)14-26-13-16-10-11-16/h2-9,12,16H,10-11,13-14H2,1H3,(H,24,25). The highest BCUT2D eigenvalue weighted by molar-refractivity contribution is 7.17. The van der Waals surface area contributed by atoms with Crippen LogP contribution in [0.4, 0.5) is 5.69 Å². The Hall–Kier alpha value is -2.50. The van der Waals surface area contributed by atoms with E-state index in [1.165, 1.54) is 24.2 Å². The first-order valence-corrected chi connectivity index (χ1v) is 10.0. The molecule has 1 aliphatic rings. The van der Waals surface area contributed by atoms with Crippen LogP contribution < -0.4 is 5.32 Å². The van der Waals surface area contributed by atoms with Gasteiger partial charge in [0.25, 0.3) is 5.91 Å². The van der Waals surface area contributed by atoms with Gasteiger partial charge in [0.1, 0.15) is 9.88 Å². The lowest BCUT2D eigenvalue weighted by atomic mass is 10.2. The zero-order valence-corrected chi connectivity index (χ0v) is 16.1. The molecule has 1 amide bonds. The zero-order valence-electron chi connectivity index (χ0n) is 15.3. The molecule has 2 aromatic carbocycles. The van der Waals surface area contributed by atoms with Gasteiger partial charge in [0, 0.05) is 17.9 Å². The van der Waals surface area contributed by atoms with E-state index in [1.54, 1.807) is 0 Å². The number of aryl methyl sites for hydroxylation is 1. The predicted octanol–water partition coefficient (Wildman–Crippen LogP) is 5.30. The largest absolute Gasteiger partial charge is 0.376 e. The summed E-state index contributed by atoms with van der Waals surface area (Å²) in [7, 11) is 0. The van der Waals surface area contributed by atoms with E-state index in [-0.39, 0.29) is 5.91 Å². The molecule has 1 aliphatic carbocycles. The van der Waals surface area contributed by atoms with Gasteiger partial charge in [-0.15, -0.1) is 11.3 Å². The highest BCUT2D eigenvalue weighted by Crippen LogP contribution is 2.30. The number of carbonyl (C=O) groups excluding carboxylic acids is 1. The number of hydrogen-bond donors (Lipinski definition) is 1. The second kappa shape index (κ2) is 8.03. The first kappa shape index (κ1) is 17.9. The second-order valence-corrected chi connectivity index (χ2v) is 7.91. The number of ether oxygens (including phenoxy) is 1. The van der Waals surface area contributed by atoms with E-state index in [0.717, 1.165) is 40.0 Å². The topological polar surface area (TPSA) is 51.2 Å². The van der Waals surface area contributed by atoms with Crippen molar-refractivity contribution in [3.63, 3.8) is 0 Å². The van der Waals surface area contributed by atoms with Crippen molar-refractivity contribution in [2.45, 2.75) is 26.4 Å². The highest BCUT2D eigenvalue weighted by atomic mass is 32.1. The van der Waals surface area contributed by atoms with E-state index >= 15 is 0 Å². The Morgan fingerprint density at radius 2 is 2.00 bits per heavy atom. The van der Waals surface area contributed by atoms with Gasteiger partial charge in [-0.2, -0.15) is 0 Å². The Balaban J connectivity index is 1.43. The molecule has 138 valence electrons. The molecule has 1 N–H and O–H groups in total. The van der Waals surface area contributed by atoms with Crippen LogP contribution in [0.15, 0.2) is 54.6 Å². The summed E-state index contributed by atoms with van der Waals surface area (Å²) in [5.41, 5.74) is 3.63. The minimum atomic E-state index is -0.122. The van der Waals surface area contributed by atoms with Gasteiger partial charge in [-0.3, -0.25) is 4.79 Å². The molecular weight excluding hydrogens is 356 g/mol. The molecule has 0 saturated heterocycles. The Bertz CT molecular complexity index is 932. The van der Waals surface area contributed by atoms with E-state index in [9.17, 15) is 4.79 Å². The molecule has 0 radical (unpaired) electrons. The van der Waals surface area contributed by atoms with Gasteiger partial charge in [0.2, 0.25) is 0 Å². The van der Waals surface area contributed by atoms with Crippen LogP contribution in [0.5, 0.6) is 0 Å². The minimum Gasteiger partial charge on any atom is -0.376 e. The van der Waals surface area contributed by atoms with E-state index < -0.39 is 0 Å². The molecule has 0 aliphatic heterocycles. The maximum Gasteiger partial charge on any atom is 0.267 e. The summed E-state index contributed by atoms with van der Waals surface area (Å²) < 4.78 is 5.74. The number of rotatable bonds is 7. The number of aromatic nitrogens is 1. The van der Waals surface area contributed by atoms with Crippen molar-refractivity contribution in [2.75, 3.05) is 11.9 Å². The summed E-state index contributed by atoms with van der Waals surface area (Å²) in [5, 5.41) is 3.85. The molecule has 4 rings (SSSR count). The molecule has 0 atom stereocenters. The van der Waals surface area contributed by atoms with Crippen molar-refractivity contribution in [3.05, 3.63) is 70.7 Å². The fourth-order valence-electron chi connectivity index (χ4n) is 2.87. The van der Waals surface area contributed by atoms with E-state index in [2.05, 4.69) is 10.3 Å². The molecule has 1 fully saturated rings. The summed E-state index contributed by atoms with van der Waals surface area (Å²) in [4.78, 5) is 17.9. The number of amides is 1. The number of benzene rings is 2. The third kappa shape index (κ3) is 4.62. The van der Waals surface area contributed by atoms with Crippen molar-refractivity contribution in [1.82, 2.24) is 4.98 Å². The monoisotopic (exact) mass is 378 g/mol. The number of thiazole rings is 1. The van der Waals surface area contributed by atoms with Crippen LogP contribution in [0.25, 0.3) is 10.6 Å². The fraction of sp³-hybridized carbons (Fsp3) is 0.273. The minimum absolute atomic E-state index is 0.122. The van der Waals surface area contributed by atoms with Crippen molar-refractivity contribution < 1.29 is 9.53 Å². The van der Waals surface area contributed by atoms with Crippen LogP contribution in [0, 0.1) is 12.8 Å². The smallest absolute Gasteiger partial charge is 0.267 e. The summed E-state index contributed by atoms with van der Waals surface area (Å²) >= 11 is 1.42. The van der Waals surface area contributed by atoms with E-state index in [4.69, 9.17) is 4.74 Å². The molecule has 1 heterocycles. The Morgan fingerprint density at radius 1 is 1.19 bits per heavy atom. The van der Waals surface area contributed by atoms with Gasteiger partial charge in [-0.25, -0.2) is 4.98 Å². The van der Waals surface area contributed by atoms with Gasteiger partial charge < -0.3 is 10.1 Å². The summed E-state index contributed by atoms with van der Waals surface area (Å²) in [6.07, 6.45) is 2.57. The van der Waals surface area contributed by atoms with E-state index in [0.29, 0.717) is 11.5 Å². The van der Waals surface area contributed by atoms with Crippen molar-refractivity contribution in [2.24, 2.45) is 5.92 Å². The SMILES string of the molecule is Cc1nc(-c2ccccc2)sc1C(=O)Nc1cccc(COCC2CC2)c1. The molecule has 5 heteroatoms. The average Bonchev–Trinajstić information content (AvgIpc) is 3.42. The maximum absolute atomic E-state index is 12.7. The van der Waals surface area contributed by atoms with Gasteiger partial charge in [0.15, 0.2) is 0 Å².